The van der Waals surface area contributed by atoms with Crippen LogP contribution in [0.25, 0.3) is 87.6 Å². The van der Waals surface area contributed by atoms with Crippen molar-refractivity contribution in [3.05, 3.63) is 211 Å². The molecule has 1 aliphatic carbocycles. The Morgan fingerprint density at radius 3 is 1.80 bits per heavy atom. The van der Waals surface area contributed by atoms with Crippen LogP contribution in [0.5, 0.6) is 0 Å². The topological polar surface area (TPSA) is 16.4 Å². The molecule has 278 valence electrons. The van der Waals surface area contributed by atoms with Gasteiger partial charge in [0.15, 0.2) is 0 Å². The van der Waals surface area contributed by atoms with Gasteiger partial charge in [0.25, 0.3) is 0 Å². The van der Waals surface area contributed by atoms with Crippen LogP contribution in [-0.4, -0.2) is 0 Å². The minimum atomic E-state index is -0.138. The molecule has 59 heavy (non-hydrogen) atoms. The van der Waals surface area contributed by atoms with Crippen molar-refractivity contribution in [1.29, 1.82) is 0 Å². The number of furan rings is 1. The molecule has 0 atom stereocenters. The van der Waals surface area contributed by atoms with Crippen molar-refractivity contribution < 1.29 is 4.42 Å². The highest BCUT2D eigenvalue weighted by Gasteiger charge is 2.38. The molecular weight excluding hydrogens is 715 g/mol. The molecule has 1 heterocycles. The molecular formula is C57H39NO. The van der Waals surface area contributed by atoms with E-state index in [0.29, 0.717) is 0 Å². The highest BCUT2D eigenvalue weighted by atomic mass is 16.3. The Kier molecular flexibility index (Phi) is 7.31. The van der Waals surface area contributed by atoms with Gasteiger partial charge in [0.2, 0.25) is 0 Å². The minimum Gasteiger partial charge on any atom is -0.455 e. The zero-order valence-electron chi connectivity index (χ0n) is 32.9. The van der Waals surface area contributed by atoms with Crippen LogP contribution in [0.1, 0.15) is 25.0 Å². The molecule has 0 aliphatic heterocycles. The van der Waals surface area contributed by atoms with Gasteiger partial charge in [-0.05, 0) is 91.1 Å². The van der Waals surface area contributed by atoms with E-state index in [1.165, 1.54) is 60.3 Å². The summed E-state index contributed by atoms with van der Waals surface area (Å²) in [4.78, 5) is 2.47. The van der Waals surface area contributed by atoms with Crippen LogP contribution in [0.15, 0.2) is 205 Å². The van der Waals surface area contributed by atoms with Gasteiger partial charge in [0.1, 0.15) is 11.2 Å². The molecule has 2 heteroatoms. The first kappa shape index (κ1) is 33.7. The van der Waals surface area contributed by atoms with Crippen molar-refractivity contribution in [3.8, 4) is 33.4 Å². The van der Waals surface area contributed by atoms with Gasteiger partial charge in [-0.3, -0.25) is 0 Å². The quantitative estimate of drug-likeness (QED) is 0.163. The molecule has 11 aromatic rings. The van der Waals surface area contributed by atoms with Crippen LogP contribution in [0.4, 0.5) is 17.1 Å². The SMILES string of the molecule is CC1(C)c2ccccc2-c2c(N(c3ccc(-c4ccc5c(ccc6ccccc65)c4)cc3)c3ccccc3-c3cccc4c3oc3c5ccccc5ccc43)cccc21. The van der Waals surface area contributed by atoms with Gasteiger partial charge >= 0.3 is 0 Å². The molecule has 0 unspecified atom stereocenters. The number of rotatable bonds is 5. The Balaban J connectivity index is 1.07. The molecule has 0 spiro atoms. The van der Waals surface area contributed by atoms with Crippen LogP contribution in [-0.2, 0) is 5.41 Å². The normalized spacial score (nSPS) is 13.1. The molecule has 1 aliphatic rings. The standard InChI is InChI=1S/C57H39NO/c1-57(2)50-21-9-7-18-49(50)54-51(57)22-12-24-53(54)58(41-31-27-36(28-32-41)39-30-33-43-40(35-39)26-25-37-13-3-5-15-42(37)43)52-23-10-8-17-45(52)46-19-11-20-47-48-34-29-38-14-4-6-16-44(38)55(48)59-56(46)47/h3-35H,1-2H3. The number of fused-ring (bicyclic) bond motifs is 11. The lowest BCUT2D eigenvalue weighted by Gasteiger charge is -2.30. The third kappa shape index (κ3) is 5.06. The average Bonchev–Trinajstić information content (AvgIpc) is 3.79. The van der Waals surface area contributed by atoms with Gasteiger partial charge in [-0.2, -0.15) is 0 Å². The largest absolute Gasteiger partial charge is 0.455 e. The summed E-state index contributed by atoms with van der Waals surface area (Å²) in [7, 11) is 0. The highest BCUT2D eigenvalue weighted by molar-refractivity contribution is 6.18. The van der Waals surface area contributed by atoms with E-state index in [1.54, 1.807) is 0 Å². The highest BCUT2D eigenvalue weighted by Crippen LogP contribution is 2.55. The van der Waals surface area contributed by atoms with Crippen molar-refractivity contribution in [2.45, 2.75) is 19.3 Å². The maximum absolute atomic E-state index is 6.95. The Labute approximate surface area is 343 Å². The van der Waals surface area contributed by atoms with Crippen molar-refractivity contribution >= 4 is 71.3 Å². The first-order valence-electron chi connectivity index (χ1n) is 20.5. The lowest BCUT2D eigenvalue weighted by molar-refractivity contribution is 0.660. The van der Waals surface area contributed by atoms with Crippen LogP contribution in [0.2, 0.25) is 0 Å². The van der Waals surface area contributed by atoms with Crippen LogP contribution in [0.3, 0.4) is 0 Å². The van der Waals surface area contributed by atoms with E-state index >= 15 is 0 Å². The summed E-state index contributed by atoms with van der Waals surface area (Å²) in [6.07, 6.45) is 0. The van der Waals surface area contributed by atoms with Gasteiger partial charge in [0.05, 0.1) is 11.4 Å². The molecule has 0 saturated carbocycles. The molecule has 1 aromatic heterocycles. The fourth-order valence-electron chi connectivity index (χ4n) is 9.96. The summed E-state index contributed by atoms with van der Waals surface area (Å²) in [5.74, 6) is 0. The predicted molar refractivity (Wildman–Crippen MR) is 249 cm³/mol. The molecule has 0 fully saturated rings. The first-order valence-corrected chi connectivity index (χ1v) is 20.5. The fourth-order valence-corrected chi connectivity index (χ4v) is 9.96. The molecule has 0 N–H and O–H groups in total. The number of nitrogens with zero attached hydrogens (tertiary/aromatic N) is 1. The first-order chi connectivity index (χ1) is 29.0. The lowest BCUT2D eigenvalue weighted by Crippen LogP contribution is -2.16. The van der Waals surface area contributed by atoms with E-state index in [0.717, 1.165) is 55.5 Å². The van der Waals surface area contributed by atoms with Crippen LogP contribution >= 0.6 is 0 Å². The number of para-hydroxylation sites is 2. The van der Waals surface area contributed by atoms with Crippen LogP contribution < -0.4 is 4.90 Å². The zero-order chi connectivity index (χ0) is 39.2. The Morgan fingerprint density at radius 2 is 0.932 bits per heavy atom. The summed E-state index contributed by atoms with van der Waals surface area (Å²) in [6.45, 7) is 4.71. The molecule has 0 radical (unpaired) electrons. The van der Waals surface area contributed by atoms with Gasteiger partial charge in [-0.1, -0.05) is 178 Å². The van der Waals surface area contributed by atoms with E-state index in [4.69, 9.17) is 4.42 Å². The summed E-state index contributed by atoms with van der Waals surface area (Å²) >= 11 is 0. The summed E-state index contributed by atoms with van der Waals surface area (Å²) in [5.41, 5.74) is 14.8. The molecule has 0 saturated heterocycles. The Morgan fingerprint density at radius 1 is 0.373 bits per heavy atom. The fraction of sp³-hybridized carbons (Fsp3) is 0.0526. The maximum atomic E-state index is 6.95. The van der Waals surface area contributed by atoms with Gasteiger partial charge in [0, 0.05) is 44.0 Å². The summed E-state index contributed by atoms with van der Waals surface area (Å²) < 4.78 is 6.95. The lowest BCUT2D eigenvalue weighted by atomic mass is 9.82. The number of hydrogen-bond acceptors (Lipinski definition) is 2. The third-order valence-corrected chi connectivity index (χ3v) is 12.9. The second-order valence-electron chi connectivity index (χ2n) is 16.4. The van der Waals surface area contributed by atoms with Crippen molar-refractivity contribution in [2.24, 2.45) is 0 Å². The predicted octanol–water partition coefficient (Wildman–Crippen LogP) is 16.2. The second-order valence-corrected chi connectivity index (χ2v) is 16.4. The van der Waals surface area contributed by atoms with Crippen molar-refractivity contribution in [1.82, 2.24) is 0 Å². The van der Waals surface area contributed by atoms with E-state index in [2.05, 4.69) is 219 Å². The number of benzene rings is 10. The Bertz CT molecular complexity index is 3480. The summed E-state index contributed by atoms with van der Waals surface area (Å²) in [5, 5.41) is 9.63. The smallest absolute Gasteiger partial charge is 0.143 e. The van der Waals surface area contributed by atoms with E-state index in [9.17, 15) is 0 Å². The molecule has 0 amide bonds. The Hall–Kier alpha value is -7.42. The second kappa shape index (κ2) is 12.8. The third-order valence-electron chi connectivity index (χ3n) is 12.9. The minimum absolute atomic E-state index is 0.138. The molecule has 12 rings (SSSR count). The molecule has 0 bridgehead atoms. The van der Waals surface area contributed by atoms with Gasteiger partial charge in [-0.25, -0.2) is 0 Å². The summed E-state index contributed by atoms with van der Waals surface area (Å²) in [6, 6.07) is 73.2. The van der Waals surface area contributed by atoms with E-state index < -0.39 is 0 Å². The molecule has 10 aromatic carbocycles. The molecule has 2 nitrogen and oxygen atoms in total. The van der Waals surface area contributed by atoms with Gasteiger partial charge in [-0.15, -0.1) is 0 Å². The van der Waals surface area contributed by atoms with Crippen LogP contribution in [0, 0.1) is 0 Å². The monoisotopic (exact) mass is 753 g/mol. The van der Waals surface area contributed by atoms with Gasteiger partial charge < -0.3 is 9.32 Å². The number of hydrogen-bond donors (Lipinski definition) is 0. The average molecular weight is 754 g/mol. The van der Waals surface area contributed by atoms with Crippen molar-refractivity contribution in [2.75, 3.05) is 4.90 Å². The van der Waals surface area contributed by atoms with Crippen molar-refractivity contribution in [3.63, 3.8) is 0 Å². The maximum Gasteiger partial charge on any atom is 0.143 e. The number of anilines is 3. The van der Waals surface area contributed by atoms with E-state index in [-0.39, 0.29) is 5.41 Å². The van der Waals surface area contributed by atoms with E-state index in [1.807, 2.05) is 0 Å². The zero-order valence-corrected chi connectivity index (χ0v) is 32.9.